The summed E-state index contributed by atoms with van der Waals surface area (Å²) in [5, 5.41) is 3.21. The van der Waals surface area contributed by atoms with Crippen LogP contribution in [0.1, 0.15) is 6.92 Å². The van der Waals surface area contributed by atoms with E-state index in [2.05, 4.69) is 5.32 Å². The fourth-order valence-corrected chi connectivity index (χ4v) is 4.18. The van der Waals surface area contributed by atoms with E-state index in [4.69, 9.17) is 16.3 Å². The molecule has 1 amide bonds. The molecule has 0 heterocycles. The molecule has 3 rings (SSSR count). The van der Waals surface area contributed by atoms with Crippen LogP contribution < -0.4 is 14.4 Å². The zero-order valence-electron chi connectivity index (χ0n) is 16.4. The molecule has 30 heavy (non-hydrogen) atoms. The second-order valence-corrected chi connectivity index (χ2v) is 8.94. The zero-order valence-corrected chi connectivity index (χ0v) is 18.0. The molecule has 156 valence electrons. The highest BCUT2D eigenvalue weighted by molar-refractivity contribution is 7.92. The fraction of sp³-hybridized carbons (Fsp3) is 0.136. The van der Waals surface area contributed by atoms with E-state index in [1.165, 1.54) is 6.92 Å². The van der Waals surface area contributed by atoms with Crippen LogP contribution in [0.5, 0.6) is 11.5 Å². The molecule has 0 spiro atoms. The van der Waals surface area contributed by atoms with Gasteiger partial charge in [-0.2, -0.15) is 0 Å². The van der Waals surface area contributed by atoms with Crippen molar-refractivity contribution < 1.29 is 17.9 Å². The number of ether oxygens (including phenoxy) is 1. The number of nitrogens with one attached hydrogen (secondary N) is 1. The first-order valence-corrected chi connectivity index (χ1v) is 11.4. The smallest absolute Gasteiger partial charge is 0.247 e. The maximum Gasteiger partial charge on any atom is 0.247 e. The summed E-state index contributed by atoms with van der Waals surface area (Å²) in [5.74, 6) is 0.855. The van der Waals surface area contributed by atoms with Gasteiger partial charge < -0.3 is 10.1 Å². The molecular formula is C22H21ClN2O4S. The lowest BCUT2D eigenvalue weighted by atomic mass is 10.2. The molecule has 0 aromatic heterocycles. The Bertz CT molecular complexity index is 1100. The van der Waals surface area contributed by atoms with Gasteiger partial charge in [-0.15, -0.1) is 0 Å². The third-order valence-electron chi connectivity index (χ3n) is 4.27. The SMILES string of the molecule is C[C@H](C(=O)Nc1ccc(Oc2ccccc2)cc1)N(c1ccc(Cl)cc1)S(C)(=O)=O. The number of para-hydroxylation sites is 1. The molecule has 6 nitrogen and oxygen atoms in total. The molecule has 0 saturated carbocycles. The quantitative estimate of drug-likeness (QED) is 0.560. The Morgan fingerprint density at radius 1 is 0.933 bits per heavy atom. The van der Waals surface area contributed by atoms with Crippen molar-refractivity contribution in [3.05, 3.63) is 83.9 Å². The second kappa shape index (κ2) is 9.19. The van der Waals surface area contributed by atoms with Crippen molar-refractivity contribution in [3.8, 4) is 11.5 Å². The Kier molecular flexibility index (Phi) is 6.64. The van der Waals surface area contributed by atoms with Crippen LogP contribution in [0, 0.1) is 0 Å². The van der Waals surface area contributed by atoms with Crippen LogP contribution in [0.15, 0.2) is 78.9 Å². The number of rotatable bonds is 7. The van der Waals surface area contributed by atoms with E-state index in [-0.39, 0.29) is 0 Å². The molecule has 3 aromatic rings. The second-order valence-electron chi connectivity index (χ2n) is 6.64. The average Bonchev–Trinajstić information content (AvgIpc) is 2.71. The molecule has 8 heteroatoms. The van der Waals surface area contributed by atoms with Crippen LogP contribution in [0.2, 0.25) is 5.02 Å². The lowest BCUT2D eigenvalue weighted by Gasteiger charge is -2.28. The van der Waals surface area contributed by atoms with Crippen LogP contribution in [-0.2, 0) is 14.8 Å². The molecule has 0 unspecified atom stereocenters. The van der Waals surface area contributed by atoms with Crippen LogP contribution in [0.25, 0.3) is 0 Å². The van der Waals surface area contributed by atoms with Gasteiger partial charge in [-0.1, -0.05) is 29.8 Å². The summed E-state index contributed by atoms with van der Waals surface area (Å²) in [6.07, 6.45) is 1.06. The molecule has 0 aliphatic rings. The number of nitrogens with zero attached hydrogens (tertiary/aromatic N) is 1. The van der Waals surface area contributed by atoms with Gasteiger partial charge in [0, 0.05) is 10.7 Å². The van der Waals surface area contributed by atoms with E-state index < -0.39 is 22.0 Å². The number of carbonyl (C=O) groups is 1. The van der Waals surface area contributed by atoms with Gasteiger partial charge in [0.25, 0.3) is 0 Å². The van der Waals surface area contributed by atoms with Crippen molar-refractivity contribution in [2.24, 2.45) is 0 Å². The van der Waals surface area contributed by atoms with E-state index in [1.807, 2.05) is 30.3 Å². The van der Waals surface area contributed by atoms with Gasteiger partial charge in [0.2, 0.25) is 15.9 Å². The number of carbonyl (C=O) groups excluding carboxylic acids is 1. The fourth-order valence-electron chi connectivity index (χ4n) is 2.87. The van der Waals surface area contributed by atoms with Crippen LogP contribution in [-0.4, -0.2) is 26.6 Å². The van der Waals surface area contributed by atoms with Gasteiger partial charge in [0.15, 0.2) is 0 Å². The number of sulfonamides is 1. The summed E-state index contributed by atoms with van der Waals surface area (Å²) in [4.78, 5) is 12.7. The first-order valence-electron chi connectivity index (χ1n) is 9.13. The van der Waals surface area contributed by atoms with E-state index >= 15 is 0 Å². The zero-order chi connectivity index (χ0) is 21.7. The third-order valence-corrected chi connectivity index (χ3v) is 5.76. The van der Waals surface area contributed by atoms with Gasteiger partial charge in [-0.05, 0) is 67.6 Å². The normalized spacial score (nSPS) is 12.1. The van der Waals surface area contributed by atoms with E-state index in [1.54, 1.807) is 48.5 Å². The molecule has 1 N–H and O–H groups in total. The number of amides is 1. The Morgan fingerprint density at radius 3 is 2.07 bits per heavy atom. The van der Waals surface area contributed by atoms with Crippen LogP contribution in [0.4, 0.5) is 11.4 Å². The molecule has 1 atom stereocenters. The third kappa shape index (κ3) is 5.52. The Morgan fingerprint density at radius 2 is 1.50 bits per heavy atom. The number of hydrogen-bond donors (Lipinski definition) is 1. The highest BCUT2D eigenvalue weighted by Crippen LogP contribution is 2.25. The summed E-state index contributed by atoms with van der Waals surface area (Å²) in [7, 11) is -3.70. The summed E-state index contributed by atoms with van der Waals surface area (Å²) in [6.45, 7) is 1.53. The van der Waals surface area contributed by atoms with Crippen molar-refractivity contribution >= 4 is 38.9 Å². The van der Waals surface area contributed by atoms with Gasteiger partial charge in [-0.25, -0.2) is 8.42 Å². The summed E-state index contributed by atoms with van der Waals surface area (Å²) in [6, 6.07) is 21.5. The predicted octanol–water partition coefficient (Wildman–Crippen LogP) is 4.93. The molecule has 0 aliphatic carbocycles. The maximum atomic E-state index is 12.7. The Labute approximate surface area is 181 Å². The largest absolute Gasteiger partial charge is 0.457 e. The highest BCUT2D eigenvalue weighted by Gasteiger charge is 2.29. The van der Waals surface area contributed by atoms with Gasteiger partial charge in [0.05, 0.1) is 11.9 Å². The molecule has 0 saturated heterocycles. The minimum atomic E-state index is -3.70. The minimum absolute atomic E-state index is 0.358. The minimum Gasteiger partial charge on any atom is -0.457 e. The number of halogens is 1. The molecule has 3 aromatic carbocycles. The molecular weight excluding hydrogens is 424 g/mol. The molecule has 0 bridgehead atoms. The van der Waals surface area contributed by atoms with Crippen molar-refractivity contribution in [2.45, 2.75) is 13.0 Å². The van der Waals surface area contributed by atoms with Gasteiger partial charge >= 0.3 is 0 Å². The molecule has 0 aliphatic heterocycles. The molecule has 0 radical (unpaired) electrons. The van der Waals surface area contributed by atoms with Gasteiger partial charge in [-0.3, -0.25) is 9.10 Å². The van der Waals surface area contributed by atoms with Crippen LogP contribution >= 0.6 is 11.6 Å². The monoisotopic (exact) mass is 444 g/mol. The first kappa shape index (κ1) is 21.7. The predicted molar refractivity (Wildman–Crippen MR) is 120 cm³/mol. The van der Waals surface area contributed by atoms with Crippen molar-refractivity contribution in [2.75, 3.05) is 15.9 Å². The lowest BCUT2D eigenvalue weighted by molar-refractivity contribution is -0.116. The number of hydrogen-bond acceptors (Lipinski definition) is 4. The number of benzene rings is 3. The van der Waals surface area contributed by atoms with Crippen molar-refractivity contribution in [1.82, 2.24) is 0 Å². The summed E-state index contributed by atoms with van der Waals surface area (Å²) < 4.78 is 31.4. The average molecular weight is 445 g/mol. The van der Waals surface area contributed by atoms with Crippen LogP contribution in [0.3, 0.4) is 0 Å². The number of anilines is 2. The Balaban J connectivity index is 1.72. The van der Waals surface area contributed by atoms with Crippen molar-refractivity contribution in [1.29, 1.82) is 0 Å². The summed E-state index contributed by atoms with van der Waals surface area (Å²) >= 11 is 5.89. The summed E-state index contributed by atoms with van der Waals surface area (Å²) in [5.41, 5.74) is 0.882. The van der Waals surface area contributed by atoms with E-state index in [0.717, 1.165) is 10.6 Å². The first-order chi connectivity index (χ1) is 14.2. The maximum absolute atomic E-state index is 12.7. The molecule has 0 fully saturated rings. The lowest BCUT2D eigenvalue weighted by Crippen LogP contribution is -2.45. The topological polar surface area (TPSA) is 75.7 Å². The van der Waals surface area contributed by atoms with E-state index in [0.29, 0.717) is 27.9 Å². The van der Waals surface area contributed by atoms with E-state index in [9.17, 15) is 13.2 Å². The van der Waals surface area contributed by atoms with Gasteiger partial charge in [0.1, 0.15) is 17.5 Å². The van der Waals surface area contributed by atoms with Crippen molar-refractivity contribution in [3.63, 3.8) is 0 Å². The standard InChI is InChI=1S/C22H21ClN2O4S/c1-16(25(30(2,27)28)19-12-8-17(23)9-13-19)22(26)24-18-10-14-21(15-11-18)29-20-6-4-3-5-7-20/h3-16H,1-2H3,(H,24,26)/t16-/m1/s1. The Hall–Kier alpha value is -3.03. The highest BCUT2D eigenvalue weighted by atomic mass is 35.5.